The maximum absolute atomic E-state index is 16.2. The van der Waals surface area contributed by atoms with Crippen molar-refractivity contribution in [1.29, 1.82) is 0 Å². The molecule has 14 rings (SSSR count). The van der Waals surface area contributed by atoms with Crippen LogP contribution in [-0.2, 0) is 20.9 Å². The van der Waals surface area contributed by atoms with Crippen molar-refractivity contribution in [3.8, 4) is 50.3 Å². The van der Waals surface area contributed by atoms with Crippen molar-refractivity contribution in [2.75, 3.05) is 37.8 Å². The van der Waals surface area contributed by atoms with Gasteiger partial charge in [-0.15, -0.1) is 16.4 Å². The van der Waals surface area contributed by atoms with E-state index in [0.29, 0.717) is 99.5 Å². The van der Waals surface area contributed by atoms with E-state index in [1.54, 1.807) is 29.5 Å². The number of anilines is 1. The molecule has 23 heteroatoms. The van der Waals surface area contributed by atoms with Gasteiger partial charge in [0.2, 0.25) is 11.8 Å². The number of carbonyl (C=O) groups is 2. The Labute approximate surface area is 485 Å². The molecule has 3 unspecified atom stereocenters. The molecule has 430 valence electrons. The summed E-state index contributed by atoms with van der Waals surface area (Å²) in [6.45, 7) is 9.12. The number of piperazine rings is 1. The number of nitrogens with one attached hydrogen (secondary N) is 3. The molecule has 5 fully saturated rings. The Hall–Kier alpha value is -7.34. The summed E-state index contributed by atoms with van der Waals surface area (Å²) < 4.78 is 44.1. The highest BCUT2D eigenvalue weighted by molar-refractivity contribution is 7.13. The normalized spacial score (nSPS) is 23.6. The number of ether oxygens (including phenoxy) is 4. The number of halogens is 2. The minimum Gasteiger partial charge on any atom is -0.486 e. The first kappa shape index (κ1) is 53.7. The van der Waals surface area contributed by atoms with Crippen LogP contribution < -0.4 is 29.7 Å². The average Bonchev–Trinajstić information content (AvgIpc) is 1.61. The molecule has 4 aromatic carbocycles. The number of fused-ring (bicyclic) bond motifs is 5. The Kier molecular flexibility index (Phi) is 13.6. The number of H-pyrrole nitrogens is 1. The number of carbonyl (C=O) groups excluding carboxylic acids is 2. The lowest BCUT2D eigenvalue weighted by Crippen LogP contribution is -2.56. The predicted molar refractivity (Wildman–Crippen MR) is 308 cm³/mol. The number of likely N-dealkylation sites (tertiary alicyclic amines) is 1. The Bertz CT molecular complexity index is 3840. The molecule has 2 amide bonds. The van der Waals surface area contributed by atoms with Crippen LogP contribution in [0.3, 0.4) is 0 Å². The lowest BCUT2D eigenvalue weighted by molar-refractivity contribution is -0.143. The van der Waals surface area contributed by atoms with Crippen LogP contribution in [0.15, 0.2) is 72.5 Å². The van der Waals surface area contributed by atoms with Gasteiger partial charge in [0.1, 0.15) is 53.7 Å². The molecule has 4 aromatic heterocycles. The predicted octanol–water partition coefficient (Wildman–Crippen LogP) is 7.95. The van der Waals surface area contributed by atoms with Gasteiger partial charge >= 0.3 is 6.01 Å². The van der Waals surface area contributed by atoms with Crippen molar-refractivity contribution < 1.29 is 43.1 Å². The highest BCUT2D eigenvalue weighted by Gasteiger charge is 2.73. The summed E-state index contributed by atoms with van der Waals surface area (Å²) in [5.74, 6) is -0.149. The maximum Gasteiger partial charge on any atom is 0.319 e. The van der Waals surface area contributed by atoms with Gasteiger partial charge in [-0.05, 0) is 54.5 Å². The molecule has 9 atom stereocenters. The van der Waals surface area contributed by atoms with Gasteiger partial charge in [0.25, 0.3) is 0 Å². The molecule has 83 heavy (non-hydrogen) atoms. The van der Waals surface area contributed by atoms with Crippen LogP contribution in [0.5, 0.6) is 17.5 Å². The molecule has 6 aliphatic rings. The second kappa shape index (κ2) is 21.1. The van der Waals surface area contributed by atoms with Crippen molar-refractivity contribution in [2.45, 2.75) is 127 Å². The monoisotopic (exact) mass is 1160 g/mol. The van der Waals surface area contributed by atoms with Gasteiger partial charge in [0.15, 0.2) is 11.5 Å². The second-order valence-electron chi connectivity index (χ2n) is 23.0. The molecule has 1 aliphatic carbocycles. The van der Waals surface area contributed by atoms with E-state index in [4.69, 9.17) is 40.5 Å². The Morgan fingerprint density at radius 2 is 1.86 bits per heavy atom. The SMILES string of the molecule is CC[C@@H](C)C(C(=O)N1C[C@H](O)C[C@H]1C(=O)N[C@@H](CO)c1ccc(-c2scnc2C)cc1)n1cc(-c2ccc(COc3c(-c4c(C)c(F)cc5[nH]ncc45)c(Cl)c4c5c(nc(OC6CCOCC6)nc35)N3[C@@H]5CN[C@@H](C5)C35CC5O4)cc2)nn1. The van der Waals surface area contributed by atoms with Crippen molar-refractivity contribution in [1.82, 2.24) is 55.7 Å². The average molecular weight is 1170 g/mol. The van der Waals surface area contributed by atoms with E-state index >= 15 is 4.39 Å². The van der Waals surface area contributed by atoms with Crippen molar-refractivity contribution in [3.05, 3.63) is 106 Å². The zero-order valence-electron chi connectivity index (χ0n) is 46.1. The van der Waals surface area contributed by atoms with Crippen LogP contribution in [-0.4, -0.2) is 142 Å². The van der Waals surface area contributed by atoms with E-state index < -0.39 is 36.0 Å². The van der Waals surface area contributed by atoms with Crippen LogP contribution in [0.4, 0.5) is 10.2 Å². The zero-order valence-corrected chi connectivity index (χ0v) is 47.7. The van der Waals surface area contributed by atoms with E-state index in [1.165, 1.54) is 22.3 Å². The summed E-state index contributed by atoms with van der Waals surface area (Å²) in [6.07, 6.45) is 5.82. The molecule has 0 radical (unpaired) electrons. The minimum absolute atomic E-state index is 0.0351. The van der Waals surface area contributed by atoms with E-state index in [2.05, 4.69) is 41.0 Å². The highest BCUT2D eigenvalue weighted by atomic mass is 35.5. The third kappa shape index (κ3) is 9.05. The number of aliphatic hydroxyl groups excluding tert-OH is 2. The van der Waals surface area contributed by atoms with Gasteiger partial charge in [0.05, 0.1) is 81.9 Å². The number of benzene rings is 4. The minimum atomic E-state index is -0.991. The molecular weight excluding hydrogens is 1100 g/mol. The van der Waals surface area contributed by atoms with Gasteiger partial charge in [0, 0.05) is 72.9 Å². The number of thiazole rings is 1. The standard InChI is InChI=1S/C60H62ClFN12O8S/c1-5-29(2)52(58(78)72-24-37(76)19-44(72)57(77)66-43(26-75)34-10-12-35(13-11-34)55-31(4)64-28-83-55)73-25-42(70-71-73)33-8-6-32(7-9-33)27-80-54-48(47-30(3)40(62)20-41-39(47)23-65-69-41)50(61)53-49-51(54)67-59(81-38-14-16-79-17-15-38)68-56(49)74-36-18-45(63-22-36)60(74)21-46(60)82-53/h6-13,20,23,25,28-29,36-38,43-46,52,63,75-76H,5,14-19,21-22,24,26-27H2,1-4H3,(H,65,69)(H,66,77)/t29-,36+,37-,43+,44+,45+,46?,52?,60?/m1/s1. The lowest BCUT2D eigenvalue weighted by atomic mass is 9.93. The fourth-order valence-electron chi connectivity index (χ4n) is 13.4. The van der Waals surface area contributed by atoms with Crippen molar-refractivity contribution >= 4 is 62.4 Å². The molecule has 1 saturated carbocycles. The van der Waals surface area contributed by atoms with Gasteiger partial charge < -0.3 is 49.6 Å². The molecule has 8 aromatic rings. The molecule has 1 spiro atoms. The number of amides is 2. The largest absolute Gasteiger partial charge is 0.486 e. The van der Waals surface area contributed by atoms with Gasteiger partial charge in [-0.25, -0.2) is 14.1 Å². The van der Waals surface area contributed by atoms with Gasteiger partial charge in [-0.3, -0.25) is 14.7 Å². The molecule has 2 bridgehead atoms. The Morgan fingerprint density at radius 1 is 1.06 bits per heavy atom. The van der Waals surface area contributed by atoms with Crippen LogP contribution in [0.2, 0.25) is 5.02 Å². The summed E-state index contributed by atoms with van der Waals surface area (Å²) in [5, 5.41) is 45.9. The molecule has 5 aliphatic heterocycles. The van der Waals surface area contributed by atoms with Crippen LogP contribution in [0.25, 0.3) is 54.6 Å². The van der Waals surface area contributed by atoms with E-state index in [9.17, 15) is 19.8 Å². The van der Waals surface area contributed by atoms with E-state index in [0.717, 1.165) is 46.6 Å². The molecule has 9 heterocycles. The third-order valence-corrected chi connectivity index (χ3v) is 19.4. The molecule has 4 saturated heterocycles. The van der Waals surface area contributed by atoms with Gasteiger partial charge in [-0.2, -0.15) is 15.1 Å². The number of aryl methyl sites for hydroxylation is 1. The fraction of sp³-hybridized carbons (Fsp3) is 0.433. The number of β-amino-alcohol motifs (C(OH)–C–C–N with tert-alkyl or cyclic N) is 1. The lowest BCUT2D eigenvalue weighted by Gasteiger charge is -2.37. The Balaban J connectivity index is 0.761. The second-order valence-corrected chi connectivity index (χ2v) is 24.2. The molecule has 5 N–H and O–H groups in total. The van der Waals surface area contributed by atoms with Crippen LogP contribution in [0.1, 0.15) is 86.8 Å². The number of rotatable bonds is 16. The third-order valence-electron chi connectivity index (χ3n) is 18.1. The quantitative estimate of drug-likeness (QED) is 0.0617. The molecule has 20 nitrogen and oxygen atoms in total. The summed E-state index contributed by atoms with van der Waals surface area (Å²) in [7, 11) is 0. The van der Waals surface area contributed by atoms with E-state index in [-0.39, 0.29) is 78.9 Å². The fourth-order valence-corrected chi connectivity index (χ4v) is 14.6. The van der Waals surface area contributed by atoms with Gasteiger partial charge in [-0.1, -0.05) is 85.6 Å². The van der Waals surface area contributed by atoms with Crippen molar-refractivity contribution in [2.24, 2.45) is 5.92 Å². The zero-order chi connectivity index (χ0) is 57.0. The van der Waals surface area contributed by atoms with Crippen molar-refractivity contribution in [3.63, 3.8) is 0 Å². The first-order valence-corrected chi connectivity index (χ1v) is 29.7. The number of nitrogens with zero attached hydrogens (tertiary/aromatic N) is 9. The first-order chi connectivity index (χ1) is 40.3. The Morgan fingerprint density at radius 3 is 2.61 bits per heavy atom. The first-order valence-electron chi connectivity index (χ1n) is 28.5. The smallest absolute Gasteiger partial charge is 0.319 e. The van der Waals surface area contributed by atoms with Crippen LogP contribution in [0, 0.1) is 25.6 Å². The summed E-state index contributed by atoms with van der Waals surface area (Å²) in [6, 6.07) is 14.6. The number of aromatic amines is 1. The number of hydrogen-bond acceptors (Lipinski definition) is 17. The number of aliphatic hydroxyl groups is 2. The maximum atomic E-state index is 16.2. The summed E-state index contributed by atoms with van der Waals surface area (Å²) >= 11 is 9.26. The van der Waals surface area contributed by atoms with E-state index in [1.807, 2.05) is 69.3 Å². The number of aromatic nitrogens is 8. The topological polar surface area (TPSA) is 240 Å². The summed E-state index contributed by atoms with van der Waals surface area (Å²) in [5.41, 5.74) is 8.19. The van der Waals surface area contributed by atoms with Crippen LogP contribution >= 0.6 is 22.9 Å². The number of hydrogen-bond donors (Lipinski definition) is 5. The highest BCUT2D eigenvalue weighted by Crippen LogP contribution is 2.64. The summed E-state index contributed by atoms with van der Waals surface area (Å²) in [4.78, 5) is 48.5. The molecular formula is C60H62ClFN12O8S.